The van der Waals surface area contributed by atoms with E-state index in [0.29, 0.717) is 18.0 Å². The first-order valence-electron chi connectivity index (χ1n) is 5.78. The Balaban J connectivity index is 2.34. The minimum Gasteiger partial charge on any atom is -0.480 e. The molecule has 7 nitrogen and oxygen atoms in total. The van der Waals surface area contributed by atoms with Crippen molar-refractivity contribution in [3.63, 3.8) is 0 Å². The molecule has 0 saturated heterocycles. The van der Waals surface area contributed by atoms with Crippen LogP contribution >= 0.6 is 0 Å². The minimum atomic E-state index is -0.875. The molecule has 0 aromatic carbocycles. The van der Waals surface area contributed by atoms with Gasteiger partial charge in [-0.2, -0.15) is 14.6 Å². The van der Waals surface area contributed by atoms with Gasteiger partial charge in [0.2, 0.25) is 0 Å². The molecule has 1 unspecified atom stereocenters. The third-order valence-corrected chi connectivity index (χ3v) is 2.58. The molecule has 2 heterocycles. The first-order valence-corrected chi connectivity index (χ1v) is 5.78. The number of aromatic nitrogens is 4. The summed E-state index contributed by atoms with van der Waals surface area (Å²) in [5.41, 5.74) is 0.763. The number of aliphatic carboxylic acids is 1. The summed E-state index contributed by atoms with van der Waals surface area (Å²) >= 11 is 0. The van der Waals surface area contributed by atoms with Gasteiger partial charge in [-0.3, -0.25) is 0 Å². The number of hydrogen-bond donors (Lipinski definition) is 2. The Morgan fingerprint density at radius 1 is 1.61 bits per heavy atom. The van der Waals surface area contributed by atoms with Gasteiger partial charge in [0.1, 0.15) is 18.2 Å². The summed E-state index contributed by atoms with van der Waals surface area (Å²) in [6, 6.07) is 1.12. The van der Waals surface area contributed by atoms with Crippen LogP contribution in [0.4, 0.5) is 5.82 Å². The third kappa shape index (κ3) is 2.39. The molecule has 0 aliphatic carbocycles. The number of aryl methyl sites for hydroxylation is 1. The number of hydrogen-bond acceptors (Lipinski definition) is 5. The predicted molar refractivity (Wildman–Crippen MR) is 65.5 cm³/mol. The summed E-state index contributed by atoms with van der Waals surface area (Å²) in [5, 5.41) is 16.1. The van der Waals surface area contributed by atoms with E-state index in [4.69, 9.17) is 5.11 Å². The van der Waals surface area contributed by atoms with E-state index in [1.165, 1.54) is 10.8 Å². The molecule has 0 aliphatic rings. The van der Waals surface area contributed by atoms with E-state index in [0.717, 1.165) is 12.1 Å². The maximum atomic E-state index is 11.1. The van der Waals surface area contributed by atoms with Crippen LogP contribution in [0.3, 0.4) is 0 Å². The fourth-order valence-electron chi connectivity index (χ4n) is 1.76. The zero-order chi connectivity index (χ0) is 13.1. The SMILES string of the molecule is CCCC(Nc1cc(C)nc2ncnn12)C(=O)O. The van der Waals surface area contributed by atoms with Crippen LogP contribution < -0.4 is 5.32 Å². The van der Waals surface area contributed by atoms with E-state index in [1.54, 1.807) is 6.07 Å². The molecule has 18 heavy (non-hydrogen) atoms. The molecule has 0 fully saturated rings. The molecule has 2 aromatic heterocycles. The maximum absolute atomic E-state index is 11.1. The third-order valence-electron chi connectivity index (χ3n) is 2.58. The topological polar surface area (TPSA) is 92.4 Å². The fraction of sp³-hybridized carbons (Fsp3) is 0.455. The Morgan fingerprint density at radius 3 is 3.06 bits per heavy atom. The van der Waals surface area contributed by atoms with Gasteiger partial charge in [0, 0.05) is 11.8 Å². The molecule has 96 valence electrons. The first kappa shape index (κ1) is 12.3. The van der Waals surface area contributed by atoms with Crippen LogP contribution in [-0.4, -0.2) is 36.7 Å². The number of nitrogens with one attached hydrogen (secondary N) is 1. The molecule has 1 atom stereocenters. The predicted octanol–water partition coefficient (Wildman–Crippen LogP) is 1.10. The van der Waals surface area contributed by atoms with Gasteiger partial charge in [-0.1, -0.05) is 13.3 Å². The Labute approximate surface area is 104 Å². The smallest absolute Gasteiger partial charge is 0.326 e. The average molecular weight is 249 g/mol. The quantitative estimate of drug-likeness (QED) is 0.824. The van der Waals surface area contributed by atoms with Gasteiger partial charge >= 0.3 is 5.97 Å². The van der Waals surface area contributed by atoms with E-state index in [1.807, 2.05) is 13.8 Å². The van der Waals surface area contributed by atoms with Crippen molar-refractivity contribution in [2.24, 2.45) is 0 Å². The standard InChI is InChI=1S/C11H15N5O2/c1-3-4-8(10(17)18)15-9-5-7(2)14-11-12-6-13-16(9)11/h5-6,8,15H,3-4H2,1-2H3,(H,17,18). The summed E-state index contributed by atoms with van der Waals surface area (Å²) in [5.74, 6) is 0.175. The number of nitrogens with zero attached hydrogens (tertiary/aromatic N) is 4. The van der Waals surface area contributed by atoms with E-state index >= 15 is 0 Å². The van der Waals surface area contributed by atoms with Crippen molar-refractivity contribution in [2.45, 2.75) is 32.7 Å². The lowest BCUT2D eigenvalue weighted by Crippen LogP contribution is -2.30. The van der Waals surface area contributed by atoms with Crippen molar-refractivity contribution < 1.29 is 9.90 Å². The molecule has 2 rings (SSSR count). The highest BCUT2D eigenvalue weighted by molar-refractivity contribution is 5.77. The summed E-state index contributed by atoms with van der Waals surface area (Å²) in [7, 11) is 0. The van der Waals surface area contributed by atoms with Crippen LogP contribution in [0.5, 0.6) is 0 Å². The normalized spacial score (nSPS) is 12.6. The molecule has 0 saturated carbocycles. The zero-order valence-corrected chi connectivity index (χ0v) is 10.3. The lowest BCUT2D eigenvalue weighted by Gasteiger charge is -2.15. The Hall–Kier alpha value is -2.18. The molecule has 7 heteroatoms. The highest BCUT2D eigenvalue weighted by Gasteiger charge is 2.18. The van der Waals surface area contributed by atoms with Crippen molar-refractivity contribution in [1.29, 1.82) is 0 Å². The Bertz CT molecular complexity index is 566. The molecular weight excluding hydrogens is 234 g/mol. The maximum Gasteiger partial charge on any atom is 0.326 e. The van der Waals surface area contributed by atoms with E-state index in [2.05, 4.69) is 20.4 Å². The lowest BCUT2D eigenvalue weighted by atomic mass is 10.1. The van der Waals surface area contributed by atoms with Crippen LogP contribution in [-0.2, 0) is 4.79 Å². The first-order chi connectivity index (χ1) is 8.61. The van der Waals surface area contributed by atoms with Gasteiger partial charge in [-0.25, -0.2) is 9.78 Å². The molecule has 0 aliphatic heterocycles. The summed E-state index contributed by atoms with van der Waals surface area (Å²) in [6.45, 7) is 3.77. The number of carboxylic acid groups (broad SMARTS) is 1. The van der Waals surface area contributed by atoms with E-state index in [9.17, 15) is 4.79 Å². The molecule has 0 spiro atoms. The Morgan fingerprint density at radius 2 is 2.39 bits per heavy atom. The minimum absolute atomic E-state index is 0.457. The second kappa shape index (κ2) is 4.99. The van der Waals surface area contributed by atoms with Crippen molar-refractivity contribution in [3.8, 4) is 0 Å². The number of rotatable bonds is 5. The van der Waals surface area contributed by atoms with Crippen molar-refractivity contribution in [2.75, 3.05) is 5.32 Å². The Kier molecular flexibility index (Phi) is 3.40. The van der Waals surface area contributed by atoms with Gasteiger partial charge in [0.25, 0.3) is 5.78 Å². The van der Waals surface area contributed by atoms with Crippen LogP contribution in [0.25, 0.3) is 5.78 Å². The average Bonchev–Trinajstić information content (AvgIpc) is 2.76. The van der Waals surface area contributed by atoms with Gasteiger partial charge in [-0.05, 0) is 13.3 Å². The van der Waals surface area contributed by atoms with Gasteiger partial charge < -0.3 is 10.4 Å². The number of carbonyl (C=O) groups is 1. The number of anilines is 1. The van der Waals surface area contributed by atoms with Crippen LogP contribution in [0.1, 0.15) is 25.5 Å². The molecule has 0 amide bonds. The van der Waals surface area contributed by atoms with E-state index < -0.39 is 12.0 Å². The van der Waals surface area contributed by atoms with Crippen molar-refractivity contribution in [3.05, 3.63) is 18.1 Å². The summed E-state index contributed by atoms with van der Waals surface area (Å²) in [6.07, 6.45) is 2.73. The van der Waals surface area contributed by atoms with Gasteiger partial charge in [-0.15, -0.1) is 0 Å². The highest BCUT2D eigenvalue weighted by Crippen LogP contribution is 2.13. The summed E-state index contributed by atoms with van der Waals surface area (Å²) in [4.78, 5) is 19.3. The molecule has 2 N–H and O–H groups in total. The monoisotopic (exact) mass is 249 g/mol. The van der Waals surface area contributed by atoms with E-state index in [-0.39, 0.29) is 0 Å². The van der Waals surface area contributed by atoms with Crippen LogP contribution in [0, 0.1) is 6.92 Å². The van der Waals surface area contributed by atoms with Gasteiger partial charge in [0.15, 0.2) is 0 Å². The van der Waals surface area contributed by atoms with Crippen LogP contribution in [0.15, 0.2) is 12.4 Å². The molecule has 0 radical (unpaired) electrons. The summed E-state index contributed by atoms with van der Waals surface area (Å²) < 4.78 is 1.50. The van der Waals surface area contributed by atoms with Crippen molar-refractivity contribution >= 4 is 17.6 Å². The number of fused-ring (bicyclic) bond motifs is 1. The number of carboxylic acids is 1. The second-order valence-corrected chi connectivity index (χ2v) is 4.08. The lowest BCUT2D eigenvalue weighted by molar-refractivity contribution is -0.138. The molecule has 2 aromatic rings. The van der Waals surface area contributed by atoms with Crippen molar-refractivity contribution in [1.82, 2.24) is 19.6 Å². The van der Waals surface area contributed by atoms with Gasteiger partial charge in [0.05, 0.1) is 0 Å². The molecule has 0 bridgehead atoms. The largest absolute Gasteiger partial charge is 0.480 e. The highest BCUT2D eigenvalue weighted by atomic mass is 16.4. The molecular formula is C11H15N5O2. The fourth-order valence-corrected chi connectivity index (χ4v) is 1.76. The zero-order valence-electron chi connectivity index (χ0n) is 10.3. The van der Waals surface area contributed by atoms with Crippen LogP contribution in [0.2, 0.25) is 0 Å². The second-order valence-electron chi connectivity index (χ2n) is 4.08.